The summed E-state index contributed by atoms with van der Waals surface area (Å²) in [7, 11) is 0. The normalized spacial score (nSPS) is 13.0. The van der Waals surface area contributed by atoms with Crippen LogP contribution in [0.4, 0.5) is 0 Å². The number of hydrogen-bond donors (Lipinski definition) is 2. The summed E-state index contributed by atoms with van der Waals surface area (Å²) in [5.74, 6) is 0.430. The molecule has 0 bridgehead atoms. The van der Waals surface area contributed by atoms with E-state index in [1.54, 1.807) is 0 Å². The quantitative estimate of drug-likeness (QED) is 0.851. The van der Waals surface area contributed by atoms with E-state index in [0.717, 1.165) is 11.7 Å². The third kappa shape index (κ3) is 7.15. The molecule has 0 amide bonds. The lowest BCUT2D eigenvalue weighted by Crippen LogP contribution is -2.42. The van der Waals surface area contributed by atoms with Crippen molar-refractivity contribution < 1.29 is 9.84 Å². The Labute approximate surface area is 120 Å². The van der Waals surface area contributed by atoms with Gasteiger partial charge in [0.2, 0.25) is 0 Å². The molecule has 2 N–H and O–H groups in total. The lowest BCUT2D eigenvalue weighted by molar-refractivity contribution is 0.0978. The minimum absolute atomic E-state index is 0. The van der Waals surface area contributed by atoms with E-state index in [1.165, 1.54) is 0 Å². The van der Waals surface area contributed by atoms with E-state index < -0.39 is 6.10 Å². The minimum atomic E-state index is -0.562. The molecular weight excluding hydrogens is 330 g/mol. The fourth-order valence-electron chi connectivity index (χ4n) is 0.914. The molecule has 1 unspecified atom stereocenters. The van der Waals surface area contributed by atoms with Gasteiger partial charge >= 0.3 is 0 Å². The lowest BCUT2D eigenvalue weighted by atomic mass is 10.1. The van der Waals surface area contributed by atoms with Gasteiger partial charge in [-0.3, -0.25) is 0 Å². The van der Waals surface area contributed by atoms with E-state index in [2.05, 4.69) is 30.0 Å². The second kappa shape index (κ2) is 7.48. The van der Waals surface area contributed by atoms with Gasteiger partial charge in [-0.15, -0.1) is 16.8 Å². The highest BCUT2D eigenvalue weighted by Crippen LogP contribution is 2.21. The largest absolute Gasteiger partial charge is 0.472 e. The lowest BCUT2D eigenvalue weighted by Gasteiger charge is -2.22. The molecule has 8 heteroatoms. The molecule has 17 heavy (non-hydrogen) atoms. The third-order valence-corrected chi connectivity index (χ3v) is 2.96. The molecule has 1 heterocycles. The van der Waals surface area contributed by atoms with Crippen molar-refractivity contribution in [1.29, 1.82) is 0 Å². The van der Waals surface area contributed by atoms with E-state index in [1.807, 2.05) is 20.8 Å². The van der Waals surface area contributed by atoms with Crippen molar-refractivity contribution in [1.82, 2.24) is 14.1 Å². The van der Waals surface area contributed by atoms with E-state index in [9.17, 15) is 5.11 Å². The maximum atomic E-state index is 9.65. The fourth-order valence-corrected chi connectivity index (χ4v) is 1.83. The number of nitrogens with one attached hydrogen (secondary N) is 1. The Balaban J connectivity index is 0.00000256. The number of aliphatic hydroxyl groups excluding tert-OH is 1. The van der Waals surface area contributed by atoms with Gasteiger partial charge in [0.25, 0.3) is 5.88 Å². The van der Waals surface area contributed by atoms with Crippen molar-refractivity contribution in [2.24, 2.45) is 0 Å². The summed E-state index contributed by atoms with van der Waals surface area (Å²) in [6.07, 6.45) is -0.562. The van der Waals surface area contributed by atoms with Gasteiger partial charge in [0.1, 0.15) is 12.7 Å². The monoisotopic (exact) mass is 345 g/mol. The van der Waals surface area contributed by atoms with Gasteiger partial charge in [0.15, 0.2) is 4.60 Å². The third-order valence-electron chi connectivity index (χ3n) is 1.70. The predicted octanol–water partition coefficient (Wildman–Crippen LogP) is 1.85. The summed E-state index contributed by atoms with van der Waals surface area (Å²) in [5, 5.41) is 12.8. The van der Waals surface area contributed by atoms with Crippen LogP contribution < -0.4 is 10.1 Å². The van der Waals surface area contributed by atoms with Crippen LogP contribution in [0.1, 0.15) is 20.8 Å². The second-order valence-electron chi connectivity index (χ2n) is 4.46. The summed E-state index contributed by atoms with van der Waals surface area (Å²) in [6, 6.07) is 0. The highest BCUT2D eigenvalue weighted by atomic mass is 79.9. The van der Waals surface area contributed by atoms with Gasteiger partial charge in [0, 0.05) is 12.1 Å². The first-order valence-corrected chi connectivity index (χ1v) is 6.45. The number of hydrogen-bond acceptors (Lipinski definition) is 6. The van der Waals surface area contributed by atoms with Gasteiger partial charge in [-0.05, 0) is 36.7 Å². The Morgan fingerprint density at radius 1 is 1.47 bits per heavy atom. The highest BCUT2D eigenvalue weighted by Gasteiger charge is 2.14. The minimum Gasteiger partial charge on any atom is -0.472 e. The number of rotatable bonds is 5. The molecule has 1 aromatic heterocycles. The van der Waals surface area contributed by atoms with Crippen molar-refractivity contribution in [2.75, 3.05) is 13.2 Å². The van der Waals surface area contributed by atoms with Crippen LogP contribution in [0.15, 0.2) is 4.60 Å². The van der Waals surface area contributed by atoms with Gasteiger partial charge in [-0.2, -0.15) is 4.37 Å². The molecule has 0 radical (unpaired) electrons. The molecule has 1 atom stereocenters. The number of aromatic nitrogens is 2. The van der Waals surface area contributed by atoms with Crippen molar-refractivity contribution in [2.45, 2.75) is 32.4 Å². The maximum Gasteiger partial charge on any atom is 0.260 e. The molecule has 0 aliphatic carbocycles. The Morgan fingerprint density at radius 3 is 2.59 bits per heavy atom. The first-order valence-electron chi connectivity index (χ1n) is 4.92. The van der Waals surface area contributed by atoms with Crippen LogP contribution in [0.2, 0.25) is 0 Å². The molecule has 0 saturated heterocycles. The number of ether oxygens (including phenoxy) is 1. The summed E-state index contributed by atoms with van der Waals surface area (Å²) >= 11 is 4.27. The van der Waals surface area contributed by atoms with Crippen molar-refractivity contribution in [3.8, 4) is 5.88 Å². The van der Waals surface area contributed by atoms with E-state index in [4.69, 9.17) is 4.74 Å². The molecule has 1 rings (SSSR count). The Morgan fingerprint density at radius 2 is 2.12 bits per heavy atom. The van der Waals surface area contributed by atoms with Gasteiger partial charge in [-0.1, -0.05) is 0 Å². The molecular formula is C9H17BrClN3O2S. The molecule has 0 aromatic carbocycles. The van der Waals surface area contributed by atoms with Crippen LogP contribution in [0.3, 0.4) is 0 Å². The first kappa shape index (κ1) is 17.1. The predicted molar refractivity (Wildman–Crippen MR) is 74.1 cm³/mol. The van der Waals surface area contributed by atoms with Gasteiger partial charge in [0.05, 0.1) is 11.7 Å². The number of nitrogens with zero attached hydrogens (tertiary/aromatic N) is 2. The van der Waals surface area contributed by atoms with Crippen molar-refractivity contribution in [3.05, 3.63) is 4.60 Å². The maximum absolute atomic E-state index is 9.65. The number of aliphatic hydroxyl groups is 1. The zero-order chi connectivity index (χ0) is 12.2. The summed E-state index contributed by atoms with van der Waals surface area (Å²) in [5.41, 5.74) is -0.0102. The molecule has 1 aromatic rings. The second-order valence-corrected chi connectivity index (χ2v) is 5.74. The van der Waals surface area contributed by atoms with Crippen LogP contribution in [-0.2, 0) is 0 Å². The van der Waals surface area contributed by atoms with Crippen LogP contribution in [0.25, 0.3) is 0 Å². The van der Waals surface area contributed by atoms with Crippen LogP contribution >= 0.6 is 40.1 Å². The molecule has 0 aliphatic rings. The Kier molecular flexibility index (Phi) is 7.50. The first-order chi connectivity index (χ1) is 7.38. The van der Waals surface area contributed by atoms with Crippen LogP contribution in [0, 0.1) is 0 Å². The van der Waals surface area contributed by atoms with Gasteiger partial charge in [-0.25, -0.2) is 0 Å². The zero-order valence-corrected chi connectivity index (χ0v) is 13.2. The van der Waals surface area contributed by atoms with Crippen LogP contribution in [0.5, 0.6) is 5.88 Å². The molecule has 5 nitrogen and oxygen atoms in total. The fraction of sp³-hybridized carbons (Fsp3) is 0.778. The zero-order valence-electron chi connectivity index (χ0n) is 9.94. The summed E-state index contributed by atoms with van der Waals surface area (Å²) in [6.45, 7) is 6.82. The smallest absolute Gasteiger partial charge is 0.260 e. The van der Waals surface area contributed by atoms with E-state index >= 15 is 0 Å². The highest BCUT2D eigenvalue weighted by molar-refractivity contribution is 9.10. The standard InChI is InChI=1S/C9H16BrN3O2S.ClH/c1-9(2,3)11-4-6(14)5-15-8-7(10)12-16-13-8;/h6,11,14H,4-5H2,1-3H3;1H. The number of β-amino-alcohol motifs (C(OH)–C–C–N with tert-alkyl or cyclic N) is 1. The summed E-state index contributed by atoms with van der Waals surface area (Å²) < 4.78 is 13.7. The van der Waals surface area contributed by atoms with Crippen LogP contribution in [-0.4, -0.2) is 38.6 Å². The molecule has 100 valence electrons. The topological polar surface area (TPSA) is 67.3 Å². The van der Waals surface area contributed by atoms with Crippen molar-refractivity contribution >= 4 is 40.1 Å². The van der Waals surface area contributed by atoms with E-state index in [0.29, 0.717) is 17.0 Å². The molecule has 0 saturated carbocycles. The van der Waals surface area contributed by atoms with E-state index in [-0.39, 0.29) is 24.6 Å². The average molecular weight is 347 g/mol. The molecule has 0 spiro atoms. The summed E-state index contributed by atoms with van der Waals surface area (Å²) in [4.78, 5) is 0. The Bertz CT molecular complexity index is 332. The molecule has 0 aliphatic heterocycles. The SMILES string of the molecule is CC(C)(C)NCC(O)COc1nsnc1Br.Cl. The average Bonchev–Trinajstić information content (AvgIpc) is 2.57. The number of halogens is 2. The Hall–Kier alpha value is 0.0500. The van der Waals surface area contributed by atoms with Crippen molar-refractivity contribution in [3.63, 3.8) is 0 Å². The molecule has 0 fully saturated rings. The van der Waals surface area contributed by atoms with Gasteiger partial charge < -0.3 is 15.2 Å².